The molecule has 6 nitrogen and oxygen atoms in total. The molecule has 0 unspecified atom stereocenters. The second-order valence-electron chi connectivity index (χ2n) is 5.94. The van der Waals surface area contributed by atoms with Crippen LogP contribution in [0, 0.1) is 6.92 Å². The SMILES string of the molecule is CCNC(=NCc1ccc(OC)c(C)c1)NCC(=O)N1CCCC1. The molecule has 0 bridgehead atoms. The summed E-state index contributed by atoms with van der Waals surface area (Å²) in [7, 11) is 1.67. The summed E-state index contributed by atoms with van der Waals surface area (Å²) >= 11 is 0. The van der Waals surface area contributed by atoms with E-state index in [0.29, 0.717) is 12.5 Å². The molecule has 0 spiro atoms. The van der Waals surface area contributed by atoms with Crippen LogP contribution in [0.1, 0.15) is 30.9 Å². The minimum Gasteiger partial charge on any atom is -0.496 e. The van der Waals surface area contributed by atoms with Gasteiger partial charge in [0.15, 0.2) is 5.96 Å². The van der Waals surface area contributed by atoms with Crippen molar-refractivity contribution in [1.82, 2.24) is 15.5 Å². The van der Waals surface area contributed by atoms with Crippen molar-refractivity contribution < 1.29 is 9.53 Å². The standard InChI is InChI=1S/C18H28N4O2/c1-4-19-18(21-13-17(23)22-9-5-6-10-22)20-12-15-7-8-16(24-3)14(2)11-15/h7-8,11H,4-6,9-10,12-13H2,1-3H3,(H2,19,20,21). The Balaban J connectivity index is 1.92. The van der Waals surface area contributed by atoms with Gasteiger partial charge in [0.1, 0.15) is 5.75 Å². The van der Waals surface area contributed by atoms with Crippen LogP contribution < -0.4 is 15.4 Å². The number of aryl methyl sites for hydroxylation is 1. The second kappa shape index (κ2) is 9.15. The lowest BCUT2D eigenvalue weighted by atomic mass is 10.1. The number of carbonyl (C=O) groups is 1. The molecule has 0 atom stereocenters. The van der Waals surface area contributed by atoms with Crippen LogP contribution >= 0.6 is 0 Å². The second-order valence-corrected chi connectivity index (χ2v) is 5.94. The molecule has 6 heteroatoms. The summed E-state index contributed by atoms with van der Waals surface area (Å²) in [4.78, 5) is 18.6. The van der Waals surface area contributed by atoms with Crippen LogP contribution in [0.25, 0.3) is 0 Å². The van der Waals surface area contributed by atoms with Gasteiger partial charge < -0.3 is 20.3 Å². The molecule has 132 valence electrons. The number of nitrogens with zero attached hydrogens (tertiary/aromatic N) is 2. The lowest BCUT2D eigenvalue weighted by Gasteiger charge is -2.17. The Morgan fingerprint density at radius 2 is 2.04 bits per heavy atom. The lowest BCUT2D eigenvalue weighted by molar-refractivity contribution is -0.128. The highest BCUT2D eigenvalue weighted by molar-refractivity contribution is 5.86. The van der Waals surface area contributed by atoms with Crippen LogP contribution in [0.5, 0.6) is 5.75 Å². The number of hydrogen-bond donors (Lipinski definition) is 2. The topological polar surface area (TPSA) is 66.0 Å². The summed E-state index contributed by atoms with van der Waals surface area (Å²) in [5.41, 5.74) is 2.20. The van der Waals surface area contributed by atoms with E-state index >= 15 is 0 Å². The zero-order valence-corrected chi connectivity index (χ0v) is 14.9. The van der Waals surface area contributed by atoms with Crippen LogP contribution in [-0.4, -0.2) is 50.1 Å². The summed E-state index contributed by atoms with van der Waals surface area (Å²) in [5.74, 6) is 1.68. The molecule has 1 fully saturated rings. The van der Waals surface area contributed by atoms with E-state index in [2.05, 4.69) is 21.7 Å². The van der Waals surface area contributed by atoms with Crippen molar-refractivity contribution in [3.63, 3.8) is 0 Å². The number of methoxy groups -OCH3 is 1. The van der Waals surface area contributed by atoms with E-state index < -0.39 is 0 Å². The Morgan fingerprint density at radius 1 is 1.29 bits per heavy atom. The molecular weight excluding hydrogens is 304 g/mol. The Bertz CT molecular complexity index is 580. The quantitative estimate of drug-likeness (QED) is 0.614. The molecule has 1 aromatic carbocycles. The van der Waals surface area contributed by atoms with Gasteiger partial charge in [-0.15, -0.1) is 0 Å². The third-order valence-electron chi connectivity index (χ3n) is 4.09. The van der Waals surface area contributed by atoms with Gasteiger partial charge in [-0.2, -0.15) is 0 Å². The molecule has 1 heterocycles. The molecule has 1 aromatic rings. The van der Waals surface area contributed by atoms with Gasteiger partial charge in [-0.1, -0.05) is 12.1 Å². The third kappa shape index (κ3) is 5.15. The van der Waals surface area contributed by atoms with E-state index in [1.54, 1.807) is 7.11 Å². The smallest absolute Gasteiger partial charge is 0.241 e. The number of likely N-dealkylation sites (tertiary alicyclic amines) is 1. The zero-order chi connectivity index (χ0) is 17.4. The van der Waals surface area contributed by atoms with E-state index in [1.165, 1.54) is 0 Å². The number of aliphatic imine (C=N–C) groups is 1. The maximum absolute atomic E-state index is 12.1. The van der Waals surface area contributed by atoms with Crippen molar-refractivity contribution in [2.45, 2.75) is 33.2 Å². The first-order chi connectivity index (χ1) is 11.6. The lowest BCUT2D eigenvalue weighted by Crippen LogP contribution is -2.44. The third-order valence-corrected chi connectivity index (χ3v) is 4.09. The first-order valence-electron chi connectivity index (χ1n) is 8.57. The number of benzene rings is 1. The van der Waals surface area contributed by atoms with Gasteiger partial charge in [-0.3, -0.25) is 4.79 Å². The van der Waals surface area contributed by atoms with Gasteiger partial charge in [0.05, 0.1) is 20.2 Å². The summed E-state index contributed by atoms with van der Waals surface area (Å²) < 4.78 is 5.28. The summed E-state index contributed by atoms with van der Waals surface area (Å²) in [6.07, 6.45) is 2.22. The van der Waals surface area contributed by atoms with Gasteiger partial charge >= 0.3 is 0 Å². The molecular formula is C18H28N4O2. The highest BCUT2D eigenvalue weighted by atomic mass is 16.5. The molecule has 24 heavy (non-hydrogen) atoms. The van der Waals surface area contributed by atoms with E-state index in [-0.39, 0.29) is 12.5 Å². The van der Waals surface area contributed by atoms with Gasteiger partial charge in [0.25, 0.3) is 0 Å². The van der Waals surface area contributed by atoms with Gasteiger partial charge in [0.2, 0.25) is 5.91 Å². The summed E-state index contributed by atoms with van der Waals surface area (Å²) in [5, 5.41) is 6.31. The Kier molecular flexibility index (Phi) is 6.90. The van der Waals surface area contributed by atoms with Gasteiger partial charge in [0, 0.05) is 19.6 Å². The summed E-state index contributed by atoms with van der Waals surface area (Å²) in [6.45, 7) is 7.37. The van der Waals surface area contributed by atoms with Crippen molar-refractivity contribution in [2.75, 3.05) is 33.3 Å². The average molecular weight is 332 g/mol. The van der Waals surface area contributed by atoms with Crippen molar-refractivity contribution in [3.05, 3.63) is 29.3 Å². The van der Waals surface area contributed by atoms with E-state index in [4.69, 9.17) is 4.74 Å². The van der Waals surface area contributed by atoms with E-state index in [0.717, 1.165) is 49.4 Å². The Hall–Kier alpha value is -2.24. The zero-order valence-electron chi connectivity index (χ0n) is 14.9. The molecule has 0 radical (unpaired) electrons. The first kappa shape index (κ1) is 18.1. The van der Waals surface area contributed by atoms with E-state index in [9.17, 15) is 4.79 Å². The number of ether oxygens (including phenoxy) is 1. The predicted molar refractivity (Wildman–Crippen MR) is 96.4 cm³/mol. The first-order valence-corrected chi connectivity index (χ1v) is 8.57. The molecule has 1 amide bonds. The van der Waals surface area contributed by atoms with Crippen LogP contribution in [0.4, 0.5) is 0 Å². The number of hydrogen-bond acceptors (Lipinski definition) is 3. The average Bonchev–Trinajstić information content (AvgIpc) is 3.12. The van der Waals surface area contributed by atoms with Crippen LogP contribution in [0.3, 0.4) is 0 Å². The molecule has 2 N–H and O–H groups in total. The molecule has 0 saturated carbocycles. The Morgan fingerprint density at radius 3 is 2.67 bits per heavy atom. The van der Waals surface area contributed by atoms with Crippen LogP contribution in [-0.2, 0) is 11.3 Å². The molecule has 2 rings (SSSR count). The van der Waals surface area contributed by atoms with Crippen molar-refractivity contribution in [2.24, 2.45) is 4.99 Å². The number of guanidine groups is 1. The fourth-order valence-electron chi connectivity index (χ4n) is 2.79. The highest BCUT2D eigenvalue weighted by Crippen LogP contribution is 2.18. The van der Waals surface area contributed by atoms with Gasteiger partial charge in [-0.05, 0) is 43.9 Å². The van der Waals surface area contributed by atoms with Crippen LogP contribution in [0.15, 0.2) is 23.2 Å². The van der Waals surface area contributed by atoms with E-state index in [1.807, 2.05) is 30.9 Å². The maximum atomic E-state index is 12.1. The number of rotatable bonds is 6. The molecule has 1 aliphatic rings. The Labute approximate surface area is 144 Å². The number of nitrogens with one attached hydrogen (secondary N) is 2. The number of carbonyl (C=O) groups excluding carboxylic acids is 1. The summed E-state index contributed by atoms with van der Waals surface area (Å²) in [6, 6.07) is 6.03. The van der Waals surface area contributed by atoms with Gasteiger partial charge in [-0.25, -0.2) is 4.99 Å². The van der Waals surface area contributed by atoms with Crippen molar-refractivity contribution in [1.29, 1.82) is 0 Å². The number of amides is 1. The molecule has 0 aliphatic carbocycles. The predicted octanol–water partition coefficient (Wildman–Crippen LogP) is 1.68. The molecule has 1 saturated heterocycles. The highest BCUT2D eigenvalue weighted by Gasteiger charge is 2.17. The fraction of sp³-hybridized carbons (Fsp3) is 0.556. The fourth-order valence-corrected chi connectivity index (χ4v) is 2.79. The minimum atomic E-state index is 0.137. The van der Waals surface area contributed by atoms with Crippen LogP contribution in [0.2, 0.25) is 0 Å². The molecule has 0 aromatic heterocycles. The van der Waals surface area contributed by atoms with Crippen molar-refractivity contribution in [3.8, 4) is 5.75 Å². The minimum absolute atomic E-state index is 0.137. The molecule has 1 aliphatic heterocycles. The normalized spacial score (nSPS) is 14.6. The monoisotopic (exact) mass is 332 g/mol. The van der Waals surface area contributed by atoms with Crippen molar-refractivity contribution >= 4 is 11.9 Å². The maximum Gasteiger partial charge on any atom is 0.241 e. The largest absolute Gasteiger partial charge is 0.496 e.